The first-order valence-corrected chi connectivity index (χ1v) is 11.9. The van der Waals surface area contributed by atoms with E-state index in [1.165, 1.54) is 11.1 Å². The lowest BCUT2D eigenvalue weighted by Crippen LogP contribution is -2.50. The number of ether oxygens (including phenoxy) is 1. The Bertz CT molecular complexity index is 1050. The first-order chi connectivity index (χ1) is 16.3. The summed E-state index contributed by atoms with van der Waals surface area (Å²) in [5.74, 6) is 0.839. The van der Waals surface area contributed by atoms with Gasteiger partial charge in [-0.05, 0) is 51.0 Å². The molecule has 2 aromatic carbocycles. The van der Waals surface area contributed by atoms with Crippen molar-refractivity contribution < 1.29 is 9.53 Å². The Morgan fingerprint density at radius 2 is 1.44 bits per heavy atom. The number of nitrogens with one attached hydrogen (secondary N) is 1. The van der Waals surface area contributed by atoms with Gasteiger partial charge in [-0.1, -0.05) is 60.7 Å². The fourth-order valence-electron chi connectivity index (χ4n) is 4.22. The smallest absolute Gasteiger partial charge is 0.410 e. The van der Waals surface area contributed by atoms with Crippen LogP contribution in [0.3, 0.4) is 0 Å². The molecule has 0 atom stereocenters. The molecule has 1 saturated heterocycles. The largest absolute Gasteiger partial charge is 0.444 e. The van der Waals surface area contributed by atoms with Crippen LogP contribution >= 0.6 is 0 Å². The van der Waals surface area contributed by atoms with Gasteiger partial charge in [0.1, 0.15) is 11.4 Å². The van der Waals surface area contributed by atoms with Crippen LogP contribution in [0.1, 0.15) is 43.6 Å². The highest BCUT2D eigenvalue weighted by atomic mass is 16.6. The molecule has 0 saturated carbocycles. The Balaban J connectivity index is 1.45. The Kier molecular flexibility index (Phi) is 7.06. The van der Waals surface area contributed by atoms with Gasteiger partial charge in [-0.2, -0.15) is 0 Å². The number of pyridine rings is 1. The number of hydrogen-bond acceptors (Lipinski definition) is 5. The number of aromatic nitrogens is 1. The number of rotatable bonds is 5. The molecule has 2 heterocycles. The first-order valence-electron chi connectivity index (χ1n) is 11.9. The minimum absolute atomic E-state index is 0.0116. The van der Waals surface area contributed by atoms with Crippen molar-refractivity contribution in [2.75, 3.05) is 36.4 Å². The number of hydrogen-bond donors (Lipinski definition) is 1. The molecule has 1 N–H and O–H groups in total. The zero-order valence-corrected chi connectivity index (χ0v) is 20.5. The molecular weight excluding hydrogens is 424 g/mol. The van der Waals surface area contributed by atoms with E-state index in [0.29, 0.717) is 13.1 Å². The summed E-state index contributed by atoms with van der Waals surface area (Å²) in [6.07, 6.45) is -0.241. The maximum atomic E-state index is 12.4. The van der Waals surface area contributed by atoms with Crippen molar-refractivity contribution in [2.45, 2.75) is 39.3 Å². The molecule has 178 valence electrons. The van der Waals surface area contributed by atoms with E-state index in [4.69, 9.17) is 9.72 Å². The van der Waals surface area contributed by atoms with Gasteiger partial charge >= 0.3 is 6.09 Å². The molecule has 0 spiro atoms. The van der Waals surface area contributed by atoms with E-state index in [1.807, 2.05) is 45.9 Å². The molecule has 6 nitrogen and oxygen atoms in total. The standard InChI is InChI=1S/C28H34N4O2/c1-21-24(31-17-19-32(20-18-31)27(33)34-28(2,3)4)15-16-25(29-21)30-26(22-11-7-5-8-12-22)23-13-9-6-10-14-23/h5-16,26H,17-20H2,1-4H3,(H,29,30). The molecule has 34 heavy (non-hydrogen) atoms. The third-order valence-corrected chi connectivity index (χ3v) is 5.89. The summed E-state index contributed by atoms with van der Waals surface area (Å²) in [6.45, 7) is 10.5. The number of carbonyl (C=O) groups excluding carboxylic acids is 1. The van der Waals surface area contributed by atoms with Gasteiger partial charge in [-0.25, -0.2) is 9.78 Å². The molecule has 1 aliphatic rings. The summed E-state index contributed by atoms with van der Waals surface area (Å²) in [6, 6.07) is 25.0. The van der Waals surface area contributed by atoms with E-state index in [1.54, 1.807) is 4.90 Å². The average molecular weight is 459 g/mol. The zero-order chi connectivity index (χ0) is 24.1. The summed E-state index contributed by atoms with van der Waals surface area (Å²) >= 11 is 0. The van der Waals surface area contributed by atoms with Gasteiger partial charge in [0.15, 0.2) is 0 Å². The molecular formula is C28H34N4O2. The third kappa shape index (κ3) is 5.87. The number of carbonyl (C=O) groups is 1. The number of aryl methyl sites for hydroxylation is 1. The second-order valence-electron chi connectivity index (χ2n) is 9.65. The second-order valence-corrected chi connectivity index (χ2v) is 9.65. The zero-order valence-electron chi connectivity index (χ0n) is 20.5. The Hall–Kier alpha value is -3.54. The summed E-state index contributed by atoms with van der Waals surface area (Å²) in [4.78, 5) is 21.3. The minimum atomic E-state index is -0.477. The van der Waals surface area contributed by atoms with Crippen LogP contribution in [0.4, 0.5) is 16.3 Å². The van der Waals surface area contributed by atoms with Crippen molar-refractivity contribution in [1.29, 1.82) is 0 Å². The predicted molar refractivity (Wildman–Crippen MR) is 137 cm³/mol. The molecule has 4 rings (SSSR count). The lowest BCUT2D eigenvalue weighted by molar-refractivity contribution is 0.0240. The van der Waals surface area contributed by atoms with Crippen LogP contribution in [0.25, 0.3) is 0 Å². The molecule has 6 heteroatoms. The molecule has 0 aliphatic carbocycles. The van der Waals surface area contributed by atoms with Gasteiger partial charge in [-0.3, -0.25) is 0 Å². The average Bonchev–Trinajstić information content (AvgIpc) is 2.83. The summed E-state index contributed by atoms with van der Waals surface area (Å²) < 4.78 is 5.52. The maximum Gasteiger partial charge on any atom is 0.410 e. The molecule has 0 unspecified atom stereocenters. The lowest BCUT2D eigenvalue weighted by atomic mass is 9.99. The van der Waals surface area contributed by atoms with E-state index in [9.17, 15) is 4.79 Å². The van der Waals surface area contributed by atoms with E-state index >= 15 is 0 Å². The molecule has 1 aliphatic heterocycles. The van der Waals surface area contributed by atoms with Gasteiger partial charge in [0, 0.05) is 26.2 Å². The Morgan fingerprint density at radius 1 is 0.882 bits per heavy atom. The highest BCUT2D eigenvalue weighted by Gasteiger charge is 2.26. The monoisotopic (exact) mass is 458 g/mol. The van der Waals surface area contributed by atoms with Crippen molar-refractivity contribution in [1.82, 2.24) is 9.88 Å². The first kappa shape index (κ1) is 23.6. The Labute approximate surface area is 202 Å². The molecule has 1 fully saturated rings. The number of anilines is 2. The molecule has 1 amide bonds. The quantitative estimate of drug-likeness (QED) is 0.536. The van der Waals surface area contributed by atoms with Crippen molar-refractivity contribution in [2.24, 2.45) is 0 Å². The van der Waals surface area contributed by atoms with E-state index in [0.717, 1.165) is 30.3 Å². The number of piperazine rings is 1. The molecule has 1 aromatic heterocycles. The number of amides is 1. The van der Waals surface area contributed by atoms with E-state index < -0.39 is 5.60 Å². The second kappa shape index (κ2) is 10.2. The summed E-state index contributed by atoms with van der Waals surface area (Å²) in [7, 11) is 0. The van der Waals surface area contributed by atoms with Crippen LogP contribution in [0.5, 0.6) is 0 Å². The van der Waals surface area contributed by atoms with Crippen LogP contribution < -0.4 is 10.2 Å². The highest BCUT2D eigenvalue weighted by molar-refractivity contribution is 5.69. The van der Waals surface area contributed by atoms with Crippen LogP contribution in [-0.4, -0.2) is 47.8 Å². The fraction of sp³-hybridized carbons (Fsp3) is 0.357. The van der Waals surface area contributed by atoms with Crippen molar-refractivity contribution in [3.8, 4) is 0 Å². The van der Waals surface area contributed by atoms with Crippen LogP contribution in [0.2, 0.25) is 0 Å². The Morgan fingerprint density at radius 3 is 1.94 bits per heavy atom. The van der Waals surface area contributed by atoms with Gasteiger partial charge in [0.2, 0.25) is 0 Å². The summed E-state index contributed by atoms with van der Waals surface area (Å²) in [5, 5.41) is 3.63. The minimum Gasteiger partial charge on any atom is -0.444 e. The van der Waals surface area contributed by atoms with E-state index in [2.05, 4.69) is 64.8 Å². The van der Waals surface area contributed by atoms with Crippen LogP contribution in [0.15, 0.2) is 72.8 Å². The SMILES string of the molecule is Cc1nc(NC(c2ccccc2)c2ccccc2)ccc1N1CCN(C(=O)OC(C)(C)C)CC1. The molecule has 3 aromatic rings. The van der Waals surface area contributed by atoms with Gasteiger partial charge < -0.3 is 19.9 Å². The van der Waals surface area contributed by atoms with Gasteiger partial charge in [0.05, 0.1) is 17.4 Å². The highest BCUT2D eigenvalue weighted by Crippen LogP contribution is 2.28. The predicted octanol–water partition coefficient (Wildman–Crippen LogP) is 5.65. The maximum absolute atomic E-state index is 12.4. The fourth-order valence-corrected chi connectivity index (χ4v) is 4.22. The lowest BCUT2D eigenvalue weighted by Gasteiger charge is -2.37. The number of benzene rings is 2. The normalized spacial score (nSPS) is 14.3. The topological polar surface area (TPSA) is 57.7 Å². The molecule has 0 radical (unpaired) electrons. The number of nitrogens with zero attached hydrogens (tertiary/aromatic N) is 3. The van der Waals surface area contributed by atoms with Gasteiger partial charge in [-0.15, -0.1) is 0 Å². The van der Waals surface area contributed by atoms with Crippen LogP contribution in [0, 0.1) is 6.92 Å². The van der Waals surface area contributed by atoms with Crippen molar-refractivity contribution >= 4 is 17.6 Å². The van der Waals surface area contributed by atoms with E-state index in [-0.39, 0.29) is 12.1 Å². The summed E-state index contributed by atoms with van der Waals surface area (Å²) in [5.41, 5.74) is 3.97. The van der Waals surface area contributed by atoms with Crippen LogP contribution in [-0.2, 0) is 4.74 Å². The van der Waals surface area contributed by atoms with Gasteiger partial charge in [0.25, 0.3) is 0 Å². The third-order valence-electron chi connectivity index (χ3n) is 5.89. The molecule has 0 bridgehead atoms. The van der Waals surface area contributed by atoms with Crippen molar-refractivity contribution in [3.05, 3.63) is 89.6 Å². The van der Waals surface area contributed by atoms with Crippen molar-refractivity contribution in [3.63, 3.8) is 0 Å².